The van der Waals surface area contributed by atoms with Gasteiger partial charge in [0.2, 0.25) is 0 Å². The van der Waals surface area contributed by atoms with Gasteiger partial charge in [0.15, 0.2) is 0 Å². The van der Waals surface area contributed by atoms with Gasteiger partial charge in [0.05, 0.1) is 13.4 Å². The SMILES string of the molecule is COc1ccccc1C=C(NC(=O)c1ccccc1)C(=O)NCCCn1ccnc1. The Morgan fingerprint density at radius 2 is 1.87 bits per heavy atom. The molecule has 0 unspecified atom stereocenters. The normalized spacial score (nSPS) is 11.0. The van der Waals surface area contributed by atoms with E-state index in [4.69, 9.17) is 4.74 Å². The van der Waals surface area contributed by atoms with Gasteiger partial charge in [-0.05, 0) is 30.7 Å². The second-order valence-corrected chi connectivity index (χ2v) is 6.53. The molecule has 0 bridgehead atoms. The van der Waals surface area contributed by atoms with Gasteiger partial charge in [-0.2, -0.15) is 0 Å². The van der Waals surface area contributed by atoms with Crippen molar-refractivity contribution in [3.05, 3.63) is 90.1 Å². The third-order valence-corrected chi connectivity index (χ3v) is 4.41. The average molecular weight is 404 g/mol. The molecule has 30 heavy (non-hydrogen) atoms. The first-order valence-corrected chi connectivity index (χ1v) is 9.62. The van der Waals surface area contributed by atoms with E-state index in [9.17, 15) is 9.59 Å². The molecular formula is C23H24N4O3. The number of hydrogen-bond donors (Lipinski definition) is 2. The van der Waals surface area contributed by atoms with Gasteiger partial charge in [-0.3, -0.25) is 9.59 Å². The van der Waals surface area contributed by atoms with Crippen molar-refractivity contribution in [3.8, 4) is 5.75 Å². The minimum Gasteiger partial charge on any atom is -0.496 e. The summed E-state index contributed by atoms with van der Waals surface area (Å²) in [5.74, 6) is -0.113. The topological polar surface area (TPSA) is 85.2 Å². The van der Waals surface area contributed by atoms with Crippen LogP contribution < -0.4 is 15.4 Å². The van der Waals surface area contributed by atoms with Crippen LogP contribution in [-0.2, 0) is 11.3 Å². The summed E-state index contributed by atoms with van der Waals surface area (Å²) in [6.07, 6.45) is 7.66. The number of aromatic nitrogens is 2. The molecule has 2 amide bonds. The predicted octanol–water partition coefficient (Wildman–Crippen LogP) is 2.87. The molecule has 3 rings (SSSR count). The molecule has 1 aromatic heterocycles. The Kier molecular flexibility index (Phi) is 7.38. The molecule has 0 saturated heterocycles. The molecule has 0 spiro atoms. The lowest BCUT2D eigenvalue weighted by Crippen LogP contribution is -2.35. The van der Waals surface area contributed by atoms with Crippen LogP contribution in [0.5, 0.6) is 5.75 Å². The minimum atomic E-state index is -0.365. The lowest BCUT2D eigenvalue weighted by Gasteiger charge is -2.12. The first-order chi connectivity index (χ1) is 14.7. The lowest BCUT2D eigenvalue weighted by molar-refractivity contribution is -0.117. The number of nitrogens with one attached hydrogen (secondary N) is 2. The highest BCUT2D eigenvalue weighted by atomic mass is 16.5. The summed E-state index contributed by atoms with van der Waals surface area (Å²) in [4.78, 5) is 29.4. The van der Waals surface area contributed by atoms with Crippen LogP contribution in [0.25, 0.3) is 6.08 Å². The summed E-state index contributed by atoms with van der Waals surface area (Å²) in [6, 6.07) is 16.1. The zero-order valence-electron chi connectivity index (χ0n) is 16.7. The van der Waals surface area contributed by atoms with Gasteiger partial charge in [0.25, 0.3) is 11.8 Å². The molecule has 0 aliphatic heterocycles. The van der Waals surface area contributed by atoms with E-state index in [0.717, 1.165) is 13.0 Å². The van der Waals surface area contributed by atoms with Gasteiger partial charge in [0, 0.05) is 36.6 Å². The molecular weight excluding hydrogens is 380 g/mol. The predicted molar refractivity (Wildman–Crippen MR) is 115 cm³/mol. The van der Waals surface area contributed by atoms with Crippen molar-refractivity contribution < 1.29 is 14.3 Å². The monoisotopic (exact) mass is 404 g/mol. The van der Waals surface area contributed by atoms with Crippen molar-refractivity contribution in [1.82, 2.24) is 20.2 Å². The number of amides is 2. The van der Waals surface area contributed by atoms with Gasteiger partial charge < -0.3 is 19.9 Å². The third kappa shape index (κ3) is 5.81. The standard InChI is InChI=1S/C23H24N4O3/c1-30-21-11-6-5-10-19(21)16-20(26-22(28)18-8-3-2-4-9-18)23(29)25-12-7-14-27-15-13-24-17-27/h2-6,8-11,13,15-17H,7,12,14H2,1H3,(H,25,29)(H,26,28). The van der Waals surface area contributed by atoms with E-state index in [-0.39, 0.29) is 17.5 Å². The van der Waals surface area contributed by atoms with Gasteiger partial charge >= 0.3 is 0 Å². The van der Waals surface area contributed by atoms with Crippen LogP contribution in [0.2, 0.25) is 0 Å². The van der Waals surface area contributed by atoms with Crippen molar-refractivity contribution >= 4 is 17.9 Å². The molecule has 0 radical (unpaired) electrons. The van der Waals surface area contributed by atoms with Crippen molar-refractivity contribution in [2.75, 3.05) is 13.7 Å². The van der Waals surface area contributed by atoms with Crippen molar-refractivity contribution in [1.29, 1.82) is 0 Å². The maximum atomic E-state index is 12.8. The summed E-state index contributed by atoms with van der Waals surface area (Å²) >= 11 is 0. The summed E-state index contributed by atoms with van der Waals surface area (Å²) in [5, 5.41) is 5.59. The number of rotatable bonds is 9. The Morgan fingerprint density at radius 3 is 2.60 bits per heavy atom. The largest absolute Gasteiger partial charge is 0.496 e. The van der Waals surface area contributed by atoms with Crippen LogP contribution in [0.4, 0.5) is 0 Å². The fourth-order valence-electron chi connectivity index (χ4n) is 2.86. The molecule has 154 valence electrons. The molecule has 2 aromatic carbocycles. The van der Waals surface area contributed by atoms with E-state index in [2.05, 4.69) is 15.6 Å². The first-order valence-electron chi connectivity index (χ1n) is 9.62. The number of imidazole rings is 1. The Morgan fingerprint density at radius 1 is 1.10 bits per heavy atom. The van der Waals surface area contributed by atoms with Crippen LogP contribution in [0.1, 0.15) is 22.3 Å². The Labute approximate surface area is 175 Å². The molecule has 1 heterocycles. The summed E-state index contributed by atoms with van der Waals surface area (Å²) in [6.45, 7) is 1.20. The highest BCUT2D eigenvalue weighted by Crippen LogP contribution is 2.20. The minimum absolute atomic E-state index is 0.149. The van der Waals surface area contributed by atoms with Crippen LogP contribution in [0.15, 0.2) is 79.0 Å². The number of carbonyl (C=O) groups excluding carboxylic acids is 2. The summed E-state index contributed by atoms with van der Waals surface area (Å²) in [7, 11) is 1.56. The van der Waals surface area contributed by atoms with E-state index >= 15 is 0 Å². The molecule has 7 heteroatoms. The molecule has 0 aliphatic rings. The fraction of sp³-hybridized carbons (Fsp3) is 0.174. The molecule has 0 fully saturated rings. The number of methoxy groups -OCH3 is 1. The smallest absolute Gasteiger partial charge is 0.267 e. The number of carbonyl (C=O) groups is 2. The number of aryl methyl sites for hydroxylation is 1. The molecule has 3 aromatic rings. The highest BCUT2D eigenvalue weighted by molar-refractivity contribution is 6.05. The van der Waals surface area contributed by atoms with Crippen molar-refractivity contribution in [3.63, 3.8) is 0 Å². The van der Waals surface area contributed by atoms with E-state index in [0.29, 0.717) is 23.4 Å². The molecule has 0 aliphatic carbocycles. The van der Waals surface area contributed by atoms with Crippen LogP contribution >= 0.6 is 0 Å². The van der Waals surface area contributed by atoms with Gasteiger partial charge in [-0.1, -0.05) is 36.4 Å². The van der Waals surface area contributed by atoms with Crippen LogP contribution in [0, 0.1) is 0 Å². The number of para-hydroxylation sites is 1. The molecule has 0 atom stereocenters. The molecule has 2 N–H and O–H groups in total. The van der Waals surface area contributed by atoms with Crippen LogP contribution in [-0.4, -0.2) is 35.0 Å². The van der Waals surface area contributed by atoms with Gasteiger partial charge in [-0.15, -0.1) is 0 Å². The second-order valence-electron chi connectivity index (χ2n) is 6.53. The average Bonchev–Trinajstić information content (AvgIpc) is 3.30. The maximum Gasteiger partial charge on any atom is 0.267 e. The second kappa shape index (κ2) is 10.6. The lowest BCUT2D eigenvalue weighted by atomic mass is 10.1. The number of hydrogen-bond acceptors (Lipinski definition) is 4. The number of benzene rings is 2. The Balaban J connectivity index is 1.73. The quantitative estimate of drug-likeness (QED) is 0.424. The number of nitrogens with zero attached hydrogens (tertiary/aromatic N) is 2. The molecule has 7 nitrogen and oxygen atoms in total. The first kappa shape index (κ1) is 20.9. The summed E-state index contributed by atoms with van der Waals surface area (Å²) in [5.41, 5.74) is 1.31. The van der Waals surface area contributed by atoms with Crippen LogP contribution in [0.3, 0.4) is 0 Å². The molecule has 0 saturated carbocycles. The number of ether oxygens (including phenoxy) is 1. The van der Waals surface area contributed by atoms with E-state index in [1.54, 1.807) is 56.0 Å². The van der Waals surface area contributed by atoms with Gasteiger partial charge in [-0.25, -0.2) is 4.98 Å². The van der Waals surface area contributed by atoms with Crippen molar-refractivity contribution in [2.24, 2.45) is 0 Å². The van der Waals surface area contributed by atoms with E-state index in [1.807, 2.05) is 35.0 Å². The highest BCUT2D eigenvalue weighted by Gasteiger charge is 2.15. The van der Waals surface area contributed by atoms with Gasteiger partial charge in [0.1, 0.15) is 11.4 Å². The Hall–Kier alpha value is -3.87. The third-order valence-electron chi connectivity index (χ3n) is 4.41. The Bertz CT molecular complexity index is 998. The maximum absolute atomic E-state index is 12.8. The van der Waals surface area contributed by atoms with Crippen molar-refractivity contribution in [2.45, 2.75) is 13.0 Å². The van der Waals surface area contributed by atoms with E-state index < -0.39 is 0 Å². The summed E-state index contributed by atoms with van der Waals surface area (Å²) < 4.78 is 7.30. The zero-order chi connectivity index (χ0) is 21.2. The van der Waals surface area contributed by atoms with E-state index in [1.165, 1.54) is 0 Å². The fourth-order valence-corrected chi connectivity index (χ4v) is 2.86. The zero-order valence-corrected chi connectivity index (χ0v) is 16.7.